The first-order chi connectivity index (χ1) is 15.3. The van der Waals surface area contributed by atoms with Gasteiger partial charge in [-0.1, -0.05) is 51.0 Å². The average molecular weight is 446 g/mol. The van der Waals surface area contributed by atoms with Crippen LogP contribution in [0, 0.1) is 11.6 Å². The van der Waals surface area contributed by atoms with Crippen molar-refractivity contribution in [3.05, 3.63) is 89.0 Å². The zero-order valence-corrected chi connectivity index (χ0v) is 18.1. The van der Waals surface area contributed by atoms with E-state index in [2.05, 4.69) is 11.7 Å². The normalized spacial score (nSPS) is 11.4. The molecule has 0 aliphatic rings. The largest absolute Gasteiger partial charge is 0.454 e. The number of rotatable bonds is 10. The van der Waals surface area contributed by atoms with E-state index in [1.54, 1.807) is 24.3 Å². The Bertz CT molecular complexity index is 1020. The third-order valence-corrected chi connectivity index (χ3v) is 5.02. The molecule has 0 bridgehead atoms. The van der Waals surface area contributed by atoms with E-state index in [9.17, 15) is 17.6 Å². The molecule has 3 aromatic rings. The summed E-state index contributed by atoms with van der Waals surface area (Å²) in [5, 5.41) is 0. The van der Waals surface area contributed by atoms with Crippen molar-refractivity contribution in [2.45, 2.75) is 52.1 Å². The lowest BCUT2D eigenvalue weighted by atomic mass is 10.1. The quantitative estimate of drug-likeness (QED) is 0.292. The number of hydrogen-bond acceptors (Lipinski definition) is 2. The van der Waals surface area contributed by atoms with Crippen molar-refractivity contribution in [1.29, 1.82) is 0 Å². The maximum Gasteiger partial charge on any atom is 0.432 e. The molecule has 3 rings (SSSR count). The lowest BCUT2D eigenvalue weighted by Crippen LogP contribution is -2.25. The van der Waals surface area contributed by atoms with Gasteiger partial charge in [-0.15, -0.1) is 0 Å². The molecule has 6 heteroatoms. The van der Waals surface area contributed by atoms with Crippen LogP contribution in [0.5, 0.6) is 17.2 Å². The van der Waals surface area contributed by atoms with Crippen molar-refractivity contribution in [3.63, 3.8) is 0 Å². The molecule has 0 aliphatic carbocycles. The van der Waals surface area contributed by atoms with Crippen LogP contribution >= 0.6 is 0 Å². The zero-order chi connectivity index (χ0) is 23.1. The number of aryl methyl sites for hydroxylation is 2. The van der Waals surface area contributed by atoms with Crippen LogP contribution in [-0.2, 0) is 19.0 Å². The Balaban J connectivity index is 1.81. The van der Waals surface area contributed by atoms with E-state index in [-0.39, 0.29) is 11.5 Å². The second-order valence-corrected chi connectivity index (χ2v) is 7.60. The molecule has 0 aromatic heterocycles. The fraction of sp³-hybridized carbons (Fsp3) is 0.308. The van der Waals surface area contributed by atoms with Crippen LogP contribution in [0.15, 0.2) is 60.7 Å². The van der Waals surface area contributed by atoms with E-state index < -0.39 is 29.1 Å². The van der Waals surface area contributed by atoms with Gasteiger partial charge >= 0.3 is 6.11 Å². The molecule has 0 saturated heterocycles. The topological polar surface area (TPSA) is 18.5 Å². The SMILES string of the molecule is CCCCc1ccc(OC(F)(F)c2c(F)ccc(Oc3ccc(CCC)cc3)c2F)cc1. The summed E-state index contributed by atoms with van der Waals surface area (Å²) in [6.45, 7) is 4.10. The van der Waals surface area contributed by atoms with Crippen molar-refractivity contribution in [3.8, 4) is 17.2 Å². The zero-order valence-electron chi connectivity index (χ0n) is 18.1. The molecule has 0 heterocycles. The van der Waals surface area contributed by atoms with Gasteiger partial charge in [-0.25, -0.2) is 8.78 Å². The molecule has 170 valence electrons. The van der Waals surface area contributed by atoms with Crippen LogP contribution in [0.1, 0.15) is 49.8 Å². The predicted molar refractivity (Wildman–Crippen MR) is 116 cm³/mol. The number of hydrogen-bond donors (Lipinski definition) is 0. The lowest BCUT2D eigenvalue weighted by Gasteiger charge is -2.20. The number of ether oxygens (including phenoxy) is 2. The Hall–Kier alpha value is -3.02. The smallest absolute Gasteiger partial charge is 0.432 e. The van der Waals surface area contributed by atoms with E-state index in [0.29, 0.717) is 0 Å². The van der Waals surface area contributed by atoms with Gasteiger partial charge in [0.05, 0.1) is 0 Å². The first-order valence-corrected chi connectivity index (χ1v) is 10.7. The molecule has 0 atom stereocenters. The highest BCUT2D eigenvalue weighted by atomic mass is 19.3. The van der Waals surface area contributed by atoms with Gasteiger partial charge in [-0.2, -0.15) is 8.78 Å². The lowest BCUT2D eigenvalue weighted by molar-refractivity contribution is -0.189. The molecule has 0 spiro atoms. The monoisotopic (exact) mass is 446 g/mol. The molecule has 0 saturated carbocycles. The minimum atomic E-state index is -4.23. The Morgan fingerprint density at radius 1 is 0.719 bits per heavy atom. The molecule has 0 radical (unpaired) electrons. The molecule has 3 aromatic carbocycles. The molecule has 0 aliphatic heterocycles. The number of alkyl halides is 2. The predicted octanol–water partition coefficient (Wildman–Crippen LogP) is 8.18. The highest BCUT2D eigenvalue weighted by Gasteiger charge is 2.42. The van der Waals surface area contributed by atoms with E-state index >= 15 is 0 Å². The van der Waals surface area contributed by atoms with Crippen molar-refractivity contribution in [2.75, 3.05) is 0 Å². The van der Waals surface area contributed by atoms with Crippen LogP contribution in [0.4, 0.5) is 17.6 Å². The second-order valence-electron chi connectivity index (χ2n) is 7.60. The van der Waals surface area contributed by atoms with Crippen LogP contribution in [-0.4, -0.2) is 0 Å². The molecule has 32 heavy (non-hydrogen) atoms. The van der Waals surface area contributed by atoms with Crippen molar-refractivity contribution >= 4 is 0 Å². The average Bonchev–Trinajstić information content (AvgIpc) is 2.76. The molecular weight excluding hydrogens is 420 g/mol. The van der Waals surface area contributed by atoms with Gasteiger partial charge < -0.3 is 9.47 Å². The Morgan fingerprint density at radius 2 is 1.31 bits per heavy atom. The summed E-state index contributed by atoms with van der Waals surface area (Å²) >= 11 is 0. The van der Waals surface area contributed by atoms with E-state index in [0.717, 1.165) is 55.4 Å². The van der Waals surface area contributed by atoms with Crippen LogP contribution in [0.2, 0.25) is 0 Å². The van der Waals surface area contributed by atoms with Crippen molar-refractivity contribution in [1.82, 2.24) is 0 Å². The summed E-state index contributed by atoms with van der Waals surface area (Å²) in [7, 11) is 0. The minimum Gasteiger partial charge on any atom is -0.454 e. The summed E-state index contributed by atoms with van der Waals surface area (Å²) in [6.07, 6.45) is 0.404. The van der Waals surface area contributed by atoms with Gasteiger partial charge in [0.25, 0.3) is 0 Å². The van der Waals surface area contributed by atoms with E-state index in [4.69, 9.17) is 4.74 Å². The molecule has 0 amide bonds. The fourth-order valence-corrected chi connectivity index (χ4v) is 3.32. The Morgan fingerprint density at radius 3 is 1.91 bits per heavy atom. The number of halogens is 4. The van der Waals surface area contributed by atoms with Gasteiger partial charge in [0, 0.05) is 0 Å². The highest BCUT2D eigenvalue weighted by molar-refractivity contribution is 5.39. The third-order valence-electron chi connectivity index (χ3n) is 5.02. The second kappa shape index (κ2) is 10.5. The van der Waals surface area contributed by atoms with E-state index in [1.165, 1.54) is 12.1 Å². The third kappa shape index (κ3) is 5.81. The fourth-order valence-electron chi connectivity index (χ4n) is 3.32. The van der Waals surface area contributed by atoms with Gasteiger partial charge in [-0.3, -0.25) is 0 Å². The van der Waals surface area contributed by atoms with E-state index in [1.807, 2.05) is 19.1 Å². The van der Waals surface area contributed by atoms with Crippen molar-refractivity contribution in [2.24, 2.45) is 0 Å². The van der Waals surface area contributed by atoms with Crippen LogP contribution < -0.4 is 9.47 Å². The highest BCUT2D eigenvalue weighted by Crippen LogP contribution is 2.39. The summed E-state index contributed by atoms with van der Waals surface area (Å²) in [4.78, 5) is 0. The summed E-state index contributed by atoms with van der Waals surface area (Å²) in [6, 6.07) is 14.6. The maximum atomic E-state index is 14.9. The molecule has 0 unspecified atom stereocenters. The Labute approximate surface area is 185 Å². The Kier molecular flexibility index (Phi) is 7.78. The first-order valence-electron chi connectivity index (χ1n) is 10.7. The summed E-state index contributed by atoms with van der Waals surface area (Å²) < 4.78 is 68.8. The standard InChI is InChI=1S/C26H26F4O2/c1-3-5-7-19-10-14-21(15-11-19)32-26(29,30)24-22(27)16-17-23(25(24)28)31-20-12-8-18(6-4-2)9-13-20/h8-17H,3-7H2,1-2H3. The summed E-state index contributed by atoms with van der Waals surface area (Å²) in [5.41, 5.74) is 0.550. The number of unbranched alkanes of at least 4 members (excludes halogenated alkanes) is 1. The van der Waals surface area contributed by atoms with Crippen LogP contribution in [0.3, 0.4) is 0 Å². The van der Waals surface area contributed by atoms with Gasteiger partial charge in [0.15, 0.2) is 11.6 Å². The van der Waals surface area contributed by atoms with Gasteiger partial charge in [0.2, 0.25) is 0 Å². The molecule has 0 N–H and O–H groups in total. The molecule has 2 nitrogen and oxygen atoms in total. The molecule has 0 fully saturated rings. The molecular formula is C26H26F4O2. The van der Waals surface area contributed by atoms with Crippen LogP contribution in [0.25, 0.3) is 0 Å². The first kappa shape index (κ1) is 23.6. The maximum absolute atomic E-state index is 14.9. The van der Waals surface area contributed by atoms with Gasteiger partial charge in [0.1, 0.15) is 22.9 Å². The minimum absolute atomic E-state index is 0.188. The van der Waals surface area contributed by atoms with Gasteiger partial charge in [-0.05, 0) is 66.8 Å². The van der Waals surface area contributed by atoms with Crippen molar-refractivity contribution < 1.29 is 27.0 Å². The number of benzene rings is 3. The summed E-state index contributed by atoms with van der Waals surface area (Å²) in [5.74, 6) is -3.37.